The molecule has 2 heteroatoms. The van der Waals surface area contributed by atoms with Crippen LogP contribution >= 0.6 is 11.8 Å². The van der Waals surface area contributed by atoms with Gasteiger partial charge >= 0.3 is 0 Å². The lowest BCUT2D eigenvalue weighted by molar-refractivity contribution is -0.198. The molecule has 1 nitrogen and oxygen atoms in total. The predicted octanol–water partition coefficient (Wildman–Crippen LogP) is 13.4. The Labute approximate surface area is 321 Å². The zero-order chi connectivity index (χ0) is 35.3. The minimum atomic E-state index is 0.155. The van der Waals surface area contributed by atoms with Gasteiger partial charge in [-0.15, -0.1) is 0 Å². The highest BCUT2D eigenvalue weighted by Gasteiger charge is 2.80. The molecule has 270 valence electrons. The van der Waals surface area contributed by atoms with Gasteiger partial charge in [-0.1, -0.05) is 75.9 Å². The Kier molecular flexibility index (Phi) is 5.82. The Morgan fingerprint density at radius 1 is 0.547 bits per heavy atom. The monoisotopic (exact) mass is 713 g/mol. The van der Waals surface area contributed by atoms with Crippen molar-refractivity contribution in [1.82, 2.24) is 0 Å². The second-order valence-corrected chi connectivity index (χ2v) is 22.4. The van der Waals surface area contributed by atoms with Gasteiger partial charge in [0.25, 0.3) is 0 Å². The molecule has 10 aliphatic rings. The molecule has 0 aromatic heterocycles. The molecular formula is C51H55NS. The molecule has 10 unspecified atom stereocenters. The van der Waals surface area contributed by atoms with Gasteiger partial charge in [0.15, 0.2) is 0 Å². The van der Waals surface area contributed by atoms with Crippen molar-refractivity contribution in [2.45, 2.75) is 130 Å². The average Bonchev–Trinajstić information content (AvgIpc) is 3.82. The van der Waals surface area contributed by atoms with E-state index in [4.69, 9.17) is 0 Å². The van der Waals surface area contributed by atoms with Gasteiger partial charge in [0.1, 0.15) is 0 Å². The normalized spacial score (nSPS) is 40.3. The topological polar surface area (TPSA) is 3.24 Å². The van der Waals surface area contributed by atoms with Crippen molar-refractivity contribution in [2.75, 3.05) is 4.90 Å². The van der Waals surface area contributed by atoms with Gasteiger partial charge in [0.2, 0.25) is 0 Å². The first-order chi connectivity index (χ1) is 25.6. The second kappa shape index (κ2) is 9.87. The fourth-order valence-electron chi connectivity index (χ4n) is 16.6. The molecule has 8 saturated carbocycles. The summed E-state index contributed by atoms with van der Waals surface area (Å²) in [7, 11) is 0. The third-order valence-electron chi connectivity index (χ3n) is 18.6. The van der Waals surface area contributed by atoms with Crippen LogP contribution in [0.4, 0.5) is 17.1 Å². The van der Waals surface area contributed by atoms with E-state index >= 15 is 0 Å². The zero-order valence-corrected chi connectivity index (χ0v) is 33.1. The molecule has 53 heavy (non-hydrogen) atoms. The molecule has 4 aromatic rings. The van der Waals surface area contributed by atoms with Crippen molar-refractivity contribution in [3.05, 3.63) is 113 Å². The molecule has 9 aliphatic carbocycles. The van der Waals surface area contributed by atoms with Crippen LogP contribution in [0.1, 0.15) is 126 Å². The summed E-state index contributed by atoms with van der Waals surface area (Å²) in [5.41, 5.74) is 13.7. The van der Waals surface area contributed by atoms with Crippen LogP contribution in [-0.2, 0) is 21.7 Å². The van der Waals surface area contributed by atoms with Crippen molar-refractivity contribution >= 4 is 28.8 Å². The number of anilines is 3. The molecule has 4 aromatic carbocycles. The largest absolute Gasteiger partial charge is 0.310 e. The van der Waals surface area contributed by atoms with E-state index in [1.165, 1.54) is 97.5 Å². The molecule has 1 aliphatic heterocycles. The molecule has 6 bridgehead atoms. The smallest absolute Gasteiger partial charge is 0.0465 e. The quantitative estimate of drug-likeness (QED) is 0.207. The number of hydrogen-bond acceptors (Lipinski definition) is 2. The maximum atomic E-state index is 2.71. The summed E-state index contributed by atoms with van der Waals surface area (Å²) >= 11 is 2.04. The fraction of sp³-hybridized carbons (Fsp3) is 0.529. The van der Waals surface area contributed by atoms with Gasteiger partial charge in [0.05, 0.1) is 0 Å². The summed E-state index contributed by atoms with van der Waals surface area (Å²) in [6, 6.07) is 35.1. The van der Waals surface area contributed by atoms with Crippen molar-refractivity contribution in [3.63, 3.8) is 0 Å². The number of nitrogens with zero attached hydrogens (tertiary/aromatic N) is 1. The van der Waals surface area contributed by atoms with Crippen molar-refractivity contribution in [2.24, 2.45) is 46.8 Å². The molecule has 0 N–H and O–H groups in total. The van der Waals surface area contributed by atoms with Crippen molar-refractivity contribution in [3.8, 4) is 0 Å². The van der Waals surface area contributed by atoms with Crippen LogP contribution in [0.2, 0.25) is 0 Å². The third kappa shape index (κ3) is 3.62. The second-order valence-electron chi connectivity index (χ2n) is 21.4. The molecule has 10 atom stereocenters. The molecular weight excluding hydrogens is 659 g/mol. The highest BCUT2D eigenvalue weighted by molar-refractivity contribution is 7.99. The standard InChI is InChI=1S/C51H55NS/c1-47(2)17-18-48(3,4)43-25-38(13-15-40(43)47)52(37-11-9-33(10-12-37)49-27-31-21-34-24-36(29-49)50(34,49)28-31)39-14-16-46-44(26-39)51(41-7-5-6-8-45(41)53-46)35-20-30-19-32(23-35)42(51)22-30/h5-16,25-26,30-32,34-36,42H,17-24,27-29H2,1-4H3. The van der Waals surface area contributed by atoms with Crippen molar-refractivity contribution < 1.29 is 0 Å². The summed E-state index contributed by atoms with van der Waals surface area (Å²) < 4.78 is 0. The van der Waals surface area contributed by atoms with Crippen LogP contribution in [0.3, 0.4) is 0 Å². The lowest BCUT2D eigenvalue weighted by Gasteiger charge is -2.73. The lowest BCUT2D eigenvalue weighted by Crippen LogP contribution is -2.68. The van der Waals surface area contributed by atoms with Gasteiger partial charge in [-0.3, -0.25) is 0 Å². The van der Waals surface area contributed by atoms with Crippen LogP contribution in [-0.4, -0.2) is 0 Å². The molecule has 2 spiro atoms. The van der Waals surface area contributed by atoms with Gasteiger partial charge in [0, 0.05) is 37.7 Å². The highest BCUT2D eigenvalue weighted by Crippen LogP contribution is 2.86. The van der Waals surface area contributed by atoms with E-state index < -0.39 is 0 Å². The summed E-state index contributed by atoms with van der Waals surface area (Å²) in [6.07, 6.45) is 15.7. The van der Waals surface area contributed by atoms with Crippen LogP contribution in [0.15, 0.2) is 94.7 Å². The molecule has 14 rings (SSSR count). The maximum absolute atomic E-state index is 2.71. The maximum Gasteiger partial charge on any atom is 0.0465 e. The van der Waals surface area contributed by atoms with Gasteiger partial charge in [-0.05, 0) is 205 Å². The first-order valence-electron chi connectivity index (χ1n) is 21.6. The van der Waals surface area contributed by atoms with Crippen molar-refractivity contribution in [1.29, 1.82) is 0 Å². The zero-order valence-electron chi connectivity index (χ0n) is 32.3. The van der Waals surface area contributed by atoms with Gasteiger partial charge in [-0.25, -0.2) is 0 Å². The summed E-state index contributed by atoms with van der Waals surface area (Å²) in [6.45, 7) is 9.90. The Balaban J connectivity index is 0.983. The fourth-order valence-corrected chi connectivity index (χ4v) is 17.8. The van der Waals surface area contributed by atoms with E-state index in [2.05, 4.69) is 118 Å². The Hall–Kier alpha value is -2.97. The Morgan fingerprint density at radius 2 is 1.26 bits per heavy atom. The van der Waals surface area contributed by atoms with Crippen LogP contribution in [0, 0.1) is 46.8 Å². The number of hydrogen-bond donors (Lipinski definition) is 0. The van der Waals surface area contributed by atoms with Gasteiger partial charge in [-0.2, -0.15) is 0 Å². The molecule has 1 heterocycles. The third-order valence-corrected chi connectivity index (χ3v) is 19.8. The van der Waals surface area contributed by atoms with E-state index in [0.29, 0.717) is 10.8 Å². The van der Waals surface area contributed by atoms with E-state index in [-0.39, 0.29) is 16.2 Å². The summed E-state index contributed by atoms with van der Waals surface area (Å²) in [4.78, 5) is 5.69. The SMILES string of the molecule is CC1(C)CCC(C)(C)c2cc(N(c3ccc(C45CC6CC7CC(C4)C75C6)cc3)c3ccc4c(c3)C3(c5ccccc5S4)C4CC5CC(C4)C3C5)ccc21. The number of rotatable bonds is 4. The number of fused-ring (bicyclic) bond motifs is 4. The minimum Gasteiger partial charge on any atom is -0.310 e. The van der Waals surface area contributed by atoms with Gasteiger partial charge < -0.3 is 4.90 Å². The first-order valence-corrected chi connectivity index (χ1v) is 22.4. The van der Waals surface area contributed by atoms with E-state index in [9.17, 15) is 0 Å². The molecule has 0 amide bonds. The Bertz CT molecular complexity index is 2240. The summed E-state index contributed by atoms with van der Waals surface area (Å²) in [5, 5.41) is 0. The highest BCUT2D eigenvalue weighted by atomic mass is 32.2. The molecule has 0 radical (unpaired) electrons. The number of benzene rings is 4. The average molecular weight is 714 g/mol. The predicted molar refractivity (Wildman–Crippen MR) is 218 cm³/mol. The summed E-state index contributed by atoms with van der Waals surface area (Å²) in [5.74, 6) is 6.42. The van der Waals surface area contributed by atoms with Crippen LogP contribution in [0.25, 0.3) is 0 Å². The van der Waals surface area contributed by atoms with Crippen LogP contribution in [0.5, 0.6) is 0 Å². The van der Waals surface area contributed by atoms with E-state index in [0.717, 1.165) is 41.4 Å². The first kappa shape index (κ1) is 31.3. The van der Waals surface area contributed by atoms with E-state index in [1.54, 1.807) is 27.8 Å². The molecule has 0 saturated heterocycles. The minimum absolute atomic E-state index is 0.155. The Morgan fingerprint density at radius 3 is 2.06 bits per heavy atom. The van der Waals surface area contributed by atoms with E-state index in [1.807, 2.05) is 11.8 Å². The van der Waals surface area contributed by atoms with Crippen LogP contribution < -0.4 is 4.90 Å². The lowest BCUT2D eigenvalue weighted by atomic mass is 9.31. The molecule has 8 fully saturated rings.